The highest BCUT2D eigenvalue weighted by atomic mass is 16.5. The summed E-state index contributed by atoms with van der Waals surface area (Å²) in [5, 5.41) is 2.86. The maximum atomic E-state index is 12.4. The molecule has 0 aliphatic carbocycles. The molecule has 2 aliphatic heterocycles. The molecule has 2 aromatic heterocycles. The van der Waals surface area contributed by atoms with Gasteiger partial charge >= 0.3 is 0 Å². The maximum absolute atomic E-state index is 12.4. The van der Waals surface area contributed by atoms with Crippen LogP contribution >= 0.6 is 0 Å². The Bertz CT molecular complexity index is 1060. The number of morpholine rings is 2. The molecule has 0 spiro atoms. The first-order chi connectivity index (χ1) is 16.7. The summed E-state index contributed by atoms with van der Waals surface area (Å²) in [5.74, 6) is 1.85. The van der Waals surface area contributed by atoms with Crippen molar-refractivity contribution < 1.29 is 14.3 Å². The van der Waals surface area contributed by atoms with Gasteiger partial charge in [0.2, 0.25) is 17.8 Å². The molecule has 2 aliphatic rings. The average Bonchev–Trinajstić information content (AvgIpc) is 2.90. The van der Waals surface area contributed by atoms with E-state index < -0.39 is 0 Å². The van der Waals surface area contributed by atoms with Crippen molar-refractivity contribution in [3.8, 4) is 11.4 Å². The summed E-state index contributed by atoms with van der Waals surface area (Å²) in [5.41, 5.74) is 2.46. The zero-order chi connectivity index (χ0) is 23.2. The number of aromatic nitrogens is 4. The Labute approximate surface area is 198 Å². The second-order valence-electron chi connectivity index (χ2n) is 8.12. The number of nitrogens with zero attached hydrogens (tertiary/aromatic N) is 6. The topological polar surface area (TPSA) is 106 Å². The van der Waals surface area contributed by atoms with Crippen molar-refractivity contribution in [2.24, 2.45) is 0 Å². The Hall–Kier alpha value is -3.63. The molecule has 176 valence electrons. The van der Waals surface area contributed by atoms with Crippen LogP contribution in [0.15, 0.2) is 48.8 Å². The molecule has 0 radical (unpaired) electrons. The first-order valence-electron chi connectivity index (χ1n) is 11.5. The van der Waals surface area contributed by atoms with Crippen LogP contribution in [0.3, 0.4) is 0 Å². The van der Waals surface area contributed by atoms with Gasteiger partial charge in [-0.15, -0.1) is 0 Å². The highest BCUT2D eigenvalue weighted by Crippen LogP contribution is 2.23. The summed E-state index contributed by atoms with van der Waals surface area (Å²) in [4.78, 5) is 35.0. The molecule has 5 rings (SSSR count). The van der Waals surface area contributed by atoms with Gasteiger partial charge in [0, 0.05) is 37.9 Å². The van der Waals surface area contributed by atoms with Crippen LogP contribution in [0.1, 0.15) is 5.56 Å². The molecular formula is C24H27N7O3. The minimum absolute atomic E-state index is 0.0925. The molecule has 3 aromatic rings. The Morgan fingerprint density at radius 1 is 0.853 bits per heavy atom. The Morgan fingerprint density at radius 2 is 1.47 bits per heavy atom. The minimum atomic E-state index is -0.0925. The number of hydrogen-bond donors (Lipinski definition) is 1. The van der Waals surface area contributed by atoms with Crippen molar-refractivity contribution in [2.45, 2.75) is 6.42 Å². The maximum Gasteiger partial charge on any atom is 0.230 e. The highest BCUT2D eigenvalue weighted by Gasteiger charge is 2.21. The average molecular weight is 462 g/mol. The fourth-order valence-electron chi connectivity index (χ4n) is 3.89. The van der Waals surface area contributed by atoms with E-state index in [2.05, 4.69) is 20.1 Å². The van der Waals surface area contributed by atoms with E-state index in [4.69, 9.17) is 24.4 Å². The molecule has 34 heavy (non-hydrogen) atoms. The van der Waals surface area contributed by atoms with Gasteiger partial charge in [0.25, 0.3) is 0 Å². The third-order valence-electron chi connectivity index (χ3n) is 5.72. The molecule has 1 amide bonds. The number of benzene rings is 1. The number of ether oxygens (including phenoxy) is 2. The number of nitrogens with one attached hydrogen (secondary N) is 1. The molecule has 1 N–H and O–H groups in total. The molecular weight excluding hydrogens is 434 g/mol. The smallest absolute Gasteiger partial charge is 0.230 e. The summed E-state index contributed by atoms with van der Waals surface area (Å²) in [6, 6.07) is 11.4. The van der Waals surface area contributed by atoms with Gasteiger partial charge in [-0.2, -0.15) is 15.0 Å². The molecule has 4 heterocycles. The zero-order valence-electron chi connectivity index (χ0n) is 18.9. The van der Waals surface area contributed by atoms with Crippen LogP contribution in [0.5, 0.6) is 0 Å². The second-order valence-corrected chi connectivity index (χ2v) is 8.12. The normalized spacial score (nSPS) is 16.4. The summed E-state index contributed by atoms with van der Waals surface area (Å²) < 4.78 is 11.0. The molecule has 10 nitrogen and oxygen atoms in total. The zero-order valence-corrected chi connectivity index (χ0v) is 18.9. The first-order valence-corrected chi connectivity index (χ1v) is 11.5. The van der Waals surface area contributed by atoms with Crippen LogP contribution in [-0.2, 0) is 20.7 Å². The van der Waals surface area contributed by atoms with Gasteiger partial charge in [-0.1, -0.05) is 24.3 Å². The molecule has 0 bridgehead atoms. The lowest BCUT2D eigenvalue weighted by molar-refractivity contribution is -0.115. The molecule has 0 unspecified atom stereocenters. The predicted octanol–water partition coefficient (Wildman–Crippen LogP) is 1.79. The summed E-state index contributed by atoms with van der Waals surface area (Å²) >= 11 is 0. The van der Waals surface area contributed by atoms with Crippen LogP contribution in [-0.4, -0.2) is 78.4 Å². The molecule has 0 atom stereocenters. The van der Waals surface area contributed by atoms with Gasteiger partial charge in [-0.05, 0) is 17.7 Å². The molecule has 2 saturated heterocycles. The number of hydrogen-bond acceptors (Lipinski definition) is 9. The Kier molecular flexibility index (Phi) is 6.87. The van der Waals surface area contributed by atoms with E-state index in [0.29, 0.717) is 49.8 Å². The van der Waals surface area contributed by atoms with Gasteiger partial charge in [-0.3, -0.25) is 9.78 Å². The number of pyridine rings is 1. The molecule has 2 fully saturated rings. The van der Waals surface area contributed by atoms with E-state index in [9.17, 15) is 4.79 Å². The van der Waals surface area contributed by atoms with E-state index >= 15 is 0 Å². The lowest BCUT2D eigenvalue weighted by atomic mass is 10.1. The highest BCUT2D eigenvalue weighted by molar-refractivity contribution is 5.92. The minimum Gasteiger partial charge on any atom is -0.378 e. The molecule has 10 heteroatoms. The summed E-state index contributed by atoms with van der Waals surface area (Å²) in [7, 11) is 0. The van der Waals surface area contributed by atoms with Gasteiger partial charge in [-0.25, -0.2) is 0 Å². The fraction of sp³-hybridized carbons (Fsp3) is 0.375. The Balaban J connectivity index is 1.35. The third-order valence-corrected chi connectivity index (χ3v) is 5.72. The predicted molar refractivity (Wildman–Crippen MR) is 128 cm³/mol. The van der Waals surface area contributed by atoms with E-state index in [1.54, 1.807) is 18.5 Å². The van der Waals surface area contributed by atoms with Crippen molar-refractivity contribution >= 4 is 23.5 Å². The van der Waals surface area contributed by atoms with Crippen LogP contribution in [0.2, 0.25) is 0 Å². The van der Waals surface area contributed by atoms with E-state index in [-0.39, 0.29) is 12.3 Å². The second kappa shape index (κ2) is 10.5. The monoisotopic (exact) mass is 461 g/mol. The van der Waals surface area contributed by atoms with Gasteiger partial charge in [0.15, 0.2) is 5.82 Å². The van der Waals surface area contributed by atoms with E-state index in [1.807, 2.05) is 30.3 Å². The summed E-state index contributed by atoms with van der Waals surface area (Å²) in [6.07, 6.45) is 3.56. The van der Waals surface area contributed by atoms with Gasteiger partial charge in [0.1, 0.15) is 0 Å². The van der Waals surface area contributed by atoms with Crippen molar-refractivity contribution in [3.05, 3.63) is 54.4 Å². The van der Waals surface area contributed by atoms with Crippen molar-refractivity contribution in [2.75, 3.05) is 67.7 Å². The number of amides is 1. The number of carbonyl (C=O) groups is 1. The van der Waals surface area contributed by atoms with E-state index in [0.717, 1.165) is 37.3 Å². The number of carbonyl (C=O) groups excluding carboxylic acids is 1. The fourth-order valence-corrected chi connectivity index (χ4v) is 3.89. The van der Waals surface area contributed by atoms with Crippen LogP contribution in [0.4, 0.5) is 17.6 Å². The van der Waals surface area contributed by atoms with Crippen molar-refractivity contribution in [1.29, 1.82) is 0 Å². The lowest BCUT2D eigenvalue weighted by Gasteiger charge is -2.30. The molecule has 1 aromatic carbocycles. The number of rotatable bonds is 6. The van der Waals surface area contributed by atoms with Crippen molar-refractivity contribution in [1.82, 2.24) is 19.9 Å². The standard InChI is InChI=1S/C24H27N7O3/c32-21(26-20-2-1-7-25-17-20)16-18-3-5-19(6-4-18)22-27-23(30-8-12-33-13-9-30)29-24(28-22)31-10-14-34-15-11-31/h1-7,17H,8-16H2,(H,26,32). The SMILES string of the molecule is O=C(Cc1ccc(-c2nc(N3CCOCC3)nc(N3CCOCC3)n2)cc1)Nc1cccnc1. The largest absolute Gasteiger partial charge is 0.378 e. The number of anilines is 3. The quantitative estimate of drug-likeness (QED) is 0.588. The summed E-state index contributed by atoms with van der Waals surface area (Å²) in [6.45, 7) is 5.61. The Morgan fingerprint density at radius 3 is 2.03 bits per heavy atom. The van der Waals surface area contributed by atoms with Crippen LogP contribution in [0, 0.1) is 0 Å². The molecule has 0 saturated carbocycles. The van der Waals surface area contributed by atoms with Crippen molar-refractivity contribution in [3.63, 3.8) is 0 Å². The van der Waals surface area contributed by atoms with Crippen LogP contribution < -0.4 is 15.1 Å². The first kappa shape index (κ1) is 22.2. The third kappa shape index (κ3) is 5.46. The van der Waals surface area contributed by atoms with Crippen LogP contribution in [0.25, 0.3) is 11.4 Å². The van der Waals surface area contributed by atoms with Gasteiger partial charge < -0.3 is 24.6 Å². The lowest BCUT2D eigenvalue weighted by Crippen LogP contribution is -2.40. The van der Waals surface area contributed by atoms with E-state index in [1.165, 1.54) is 0 Å². The van der Waals surface area contributed by atoms with Gasteiger partial charge in [0.05, 0.1) is 44.7 Å².